The van der Waals surface area contributed by atoms with Crippen molar-refractivity contribution in [2.45, 2.75) is 15.1 Å². The summed E-state index contributed by atoms with van der Waals surface area (Å²) in [6.07, 6.45) is 1.01. The van der Waals surface area contributed by atoms with Gasteiger partial charge < -0.3 is 5.11 Å². The van der Waals surface area contributed by atoms with Gasteiger partial charge in [-0.2, -0.15) is 0 Å². The SMILES string of the molecule is O=C1C(=O)N(c2ncc(S(=O)(=O)c3ccc([N+](=O)[O-])cc3)s2)[C@H](c2ccc(Cl)cc2Cl)C1=C(O)c1ccc(Cl)cc1. The van der Waals surface area contributed by atoms with E-state index in [1.165, 1.54) is 42.5 Å². The van der Waals surface area contributed by atoms with Crippen LogP contribution in [0.1, 0.15) is 17.2 Å². The van der Waals surface area contributed by atoms with Crippen molar-refractivity contribution in [2.24, 2.45) is 0 Å². The number of aliphatic hydroxyl groups is 1. The number of hydrogen-bond acceptors (Lipinski definition) is 9. The molecule has 4 aromatic rings. The van der Waals surface area contributed by atoms with Crippen molar-refractivity contribution in [1.29, 1.82) is 0 Å². The lowest BCUT2D eigenvalue weighted by atomic mass is 9.95. The number of rotatable bonds is 6. The largest absolute Gasteiger partial charge is 0.507 e. The number of aliphatic hydroxyl groups excluding tert-OH is 1. The van der Waals surface area contributed by atoms with Gasteiger partial charge in [0.15, 0.2) is 5.13 Å². The second kappa shape index (κ2) is 10.9. The van der Waals surface area contributed by atoms with Gasteiger partial charge in [-0.3, -0.25) is 24.6 Å². The van der Waals surface area contributed by atoms with Crippen LogP contribution in [0.4, 0.5) is 10.8 Å². The number of benzene rings is 3. The van der Waals surface area contributed by atoms with E-state index in [1.54, 1.807) is 0 Å². The zero-order valence-electron chi connectivity index (χ0n) is 20.2. The molecule has 0 bridgehead atoms. The molecule has 0 aliphatic carbocycles. The fourth-order valence-electron chi connectivity index (χ4n) is 4.16. The molecule has 10 nitrogen and oxygen atoms in total. The van der Waals surface area contributed by atoms with E-state index in [0.29, 0.717) is 16.4 Å². The Labute approximate surface area is 251 Å². The summed E-state index contributed by atoms with van der Waals surface area (Å²) in [6, 6.07) is 13.2. The third-order valence-corrected chi connectivity index (χ3v) is 10.2. The summed E-state index contributed by atoms with van der Waals surface area (Å²) in [5.41, 5.74) is -0.182. The average molecular weight is 651 g/mol. The third kappa shape index (κ3) is 5.20. The Morgan fingerprint density at radius 1 is 0.976 bits per heavy atom. The number of nitro groups is 1. The summed E-state index contributed by atoms with van der Waals surface area (Å²) in [6.45, 7) is 0. The topological polar surface area (TPSA) is 148 Å². The van der Waals surface area contributed by atoms with Crippen molar-refractivity contribution in [3.63, 3.8) is 0 Å². The van der Waals surface area contributed by atoms with E-state index < -0.39 is 38.3 Å². The lowest BCUT2D eigenvalue weighted by molar-refractivity contribution is -0.384. The summed E-state index contributed by atoms with van der Waals surface area (Å²) in [7, 11) is -4.20. The van der Waals surface area contributed by atoms with E-state index in [2.05, 4.69) is 4.98 Å². The first kappa shape index (κ1) is 28.7. The molecule has 2 heterocycles. The number of nitro benzene ring substituents is 1. The highest BCUT2D eigenvalue weighted by Crippen LogP contribution is 2.46. The molecule has 3 aromatic carbocycles. The van der Waals surface area contributed by atoms with E-state index in [-0.39, 0.29) is 46.7 Å². The Kier molecular flexibility index (Phi) is 7.62. The summed E-state index contributed by atoms with van der Waals surface area (Å²) in [4.78, 5) is 41.9. The number of anilines is 1. The van der Waals surface area contributed by atoms with Crippen LogP contribution in [0, 0.1) is 10.1 Å². The maximum atomic E-state index is 13.4. The monoisotopic (exact) mass is 649 g/mol. The van der Waals surface area contributed by atoms with Crippen molar-refractivity contribution < 1.29 is 28.0 Å². The highest BCUT2D eigenvalue weighted by atomic mass is 35.5. The van der Waals surface area contributed by atoms with Crippen molar-refractivity contribution in [3.8, 4) is 0 Å². The maximum Gasteiger partial charge on any atom is 0.301 e. The van der Waals surface area contributed by atoms with Crippen molar-refractivity contribution in [2.75, 3.05) is 4.90 Å². The van der Waals surface area contributed by atoms with Crippen molar-refractivity contribution >= 4 is 84.2 Å². The summed E-state index contributed by atoms with van der Waals surface area (Å²) in [5, 5.41) is 22.7. The summed E-state index contributed by atoms with van der Waals surface area (Å²) < 4.78 is 26.2. The standard InChI is InChI=1S/C26H14Cl3N3O7S2/c27-14-3-1-13(2-4-14)23(33)21-22(18-10-5-15(28)11-19(18)29)31(25(35)24(21)34)26-30-12-20(40-26)41(38,39)17-8-6-16(7-9-17)32(36)37/h1-12,22,33H/t22-/m1/s1. The normalized spacial score (nSPS) is 16.8. The number of sulfone groups is 1. The Morgan fingerprint density at radius 2 is 1.61 bits per heavy atom. The van der Waals surface area contributed by atoms with Crippen LogP contribution in [0.2, 0.25) is 15.1 Å². The second-order valence-electron chi connectivity index (χ2n) is 8.56. The van der Waals surface area contributed by atoms with Gasteiger partial charge in [0, 0.05) is 32.8 Å². The first-order valence-electron chi connectivity index (χ1n) is 11.4. The molecule has 1 amide bonds. The lowest BCUT2D eigenvalue weighted by Gasteiger charge is -2.24. The van der Waals surface area contributed by atoms with E-state index in [1.807, 2.05) is 0 Å². The number of thiazole rings is 1. The lowest BCUT2D eigenvalue weighted by Crippen LogP contribution is -2.29. The van der Waals surface area contributed by atoms with Gasteiger partial charge in [-0.25, -0.2) is 13.4 Å². The van der Waals surface area contributed by atoms with Crippen LogP contribution in [0.5, 0.6) is 0 Å². The number of amides is 1. The van der Waals surface area contributed by atoms with Crippen LogP contribution in [0.15, 0.2) is 87.6 Å². The average Bonchev–Trinajstić information content (AvgIpc) is 3.52. The Balaban J connectivity index is 1.65. The molecule has 0 unspecified atom stereocenters. The predicted molar refractivity (Wildman–Crippen MR) is 153 cm³/mol. The van der Waals surface area contributed by atoms with Gasteiger partial charge in [0.05, 0.1) is 27.6 Å². The quantitative estimate of drug-likeness (QED) is 0.0821. The molecule has 1 atom stereocenters. The van der Waals surface area contributed by atoms with E-state index in [4.69, 9.17) is 34.8 Å². The number of carbonyl (C=O) groups excluding carboxylic acids is 2. The molecule has 0 spiro atoms. The van der Waals surface area contributed by atoms with Gasteiger partial charge in [-0.15, -0.1) is 0 Å². The summed E-state index contributed by atoms with van der Waals surface area (Å²) in [5.74, 6) is -2.64. The fraction of sp³-hybridized carbons (Fsp3) is 0.0385. The minimum atomic E-state index is -4.20. The Hall–Kier alpha value is -3.81. The van der Waals surface area contributed by atoms with Crippen LogP contribution in [-0.4, -0.2) is 35.1 Å². The van der Waals surface area contributed by atoms with Crippen LogP contribution in [0.25, 0.3) is 5.76 Å². The van der Waals surface area contributed by atoms with Gasteiger partial charge >= 0.3 is 5.91 Å². The van der Waals surface area contributed by atoms with Crippen LogP contribution >= 0.6 is 46.1 Å². The number of ketones is 1. The number of aromatic nitrogens is 1. The molecule has 5 rings (SSSR count). The van der Waals surface area contributed by atoms with Crippen LogP contribution < -0.4 is 4.90 Å². The molecule has 1 saturated heterocycles. The number of nitrogens with zero attached hydrogens (tertiary/aromatic N) is 3. The van der Waals surface area contributed by atoms with Gasteiger partial charge in [0.25, 0.3) is 11.5 Å². The molecule has 1 fully saturated rings. The molecule has 1 aliphatic rings. The van der Waals surface area contributed by atoms with Crippen LogP contribution in [-0.2, 0) is 19.4 Å². The Morgan fingerprint density at radius 3 is 2.22 bits per heavy atom. The number of Topliss-reactive ketones (excluding diaryl/α,β-unsaturated/α-hetero) is 1. The van der Waals surface area contributed by atoms with Gasteiger partial charge in [-0.05, 0) is 54.1 Å². The highest BCUT2D eigenvalue weighted by molar-refractivity contribution is 7.93. The molecule has 0 saturated carbocycles. The van der Waals surface area contributed by atoms with Gasteiger partial charge in [-0.1, -0.05) is 52.2 Å². The molecule has 41 heavy (non-hydrogen) atoms. The maximum absolute atomic E-state index is 13.4. The first-order chi connectivity index (χ1) is 19.4. The molecule has 208 valence electrons. The molecular formula is C26H14Cl3N3O7S2. The first-order valence-corrected chi connectivity index (χ1v) is 14.8. The van der Waals surface area contributed by atoms with Crippen LogP contribution in [0.3, 0.4) is 0 Å². The smallest absolute Gasteiger partial charge is 0.301 e. The van der Waals surface area contributed by atoms with Gasteiger partial charge in [0.1, 0.15) is 9.97 Å². The van der Waals surface area contributed by atoms with Crippen molar-refractivity contribution in [1.82, 2.24) is 4.98 Å². The zero-order valence-corrected chi connectivity index (χ0v) is 24.1. The molecule has 1 N–H and O–H groups in total. The highest BCUT2D eigenvalue weighted by Gasteiger charge is 2.49. The number of hydrogen-bond donors (Lipinski definition) is 1. The molecule has 0 radical (unpaired) electrons. The van der Waals surface area contributed by atoms with Crippen molar-refractivity contribution in [3.05, 3.63) is 115 Å². The minimum absolute atomic E-state index is 0.0756. The van der Waals surface area contributed by atoms with E-state index in [9.17, 15) is 33.2 Å². The molecular weight excluding hydrogens is 637 g/mol. The molecule has 1 aliphatic heterocycles. The number of non-ortho nitro benzene ring substituents is 1. The minimum Gasteiger partial charge on any atom is -0.507 e. The fourth-order valence-corrected chi connectivity index (χ4v) is 7.34. The third-order valence-electron chi connectivity index (χ3n) is 6.12. The number of carbonyl (C=O) groups is 2. The Bertz CT molecular complexity index is 1870. The molecule has 15 heteroatoms. The van der Waals surface area contributed by atoms with Gasteiger partial charge in [0.2, 0.25) is 9.84 Å². The second-order valence-corrected chi connectivity index (χ2v) is 13.0. The number of halogens is 3. The zero-order chi connectivity index (χ0) is 29.6. The van der Waals surface area contributed by atoms with E-state index in [0.717, 1.165) is 35.4 Å². The van der Waals surface area contributed by atoms with E-state index >= 15 is 0 Å². The predicted octanol–water partition coefficient (Wildman–Crippen LogP) is 6.47. The summed E-state index contributed by atoms with van der Waals surface area (Å²) >= 11 is 19.1. The molecule has 1 aromatic heterocycles.